The van der Waals surface area contributed by atoms with Gasteiger partial charge in [-0.1, -0.05) is 12.1 Å². The highest BCUT2D eigenvalue weighted by atomic mass is 16.5. The first-order valence-electron chi connectivity index (χ1n) is 9.42. The molecule has 0 spiro atoms. The number of benzene rings is 1. The van der Waals surface area contributed by atoms with Crippen LogP contribution in [0, 0.1) is 5.92 Å². The molecule has 2 atom stereocenters. The molecule has 0 bridgehead atoms. The van der Waals surface area contributed by atoms with Gasteiger partial charge in [0.05, 0.1) is 12.5 Å². The molecule has 3 aromatic rings. The molecule has 1 aromatic carbocycles. The number of carbonyl (C=O) groups excluding carboxylic acids is 1. The quantitative estimate of drug-likeness (QED) is 0.677. The average molecular weight is 378 g/mol. The number of amides is 1. The molecule has 4 rings (SSSR count). The molecule has 1 saturated heterocycles. The van der Waals surface area contributed by atoms with Crippen molar-refractivity contribution in [2.45, 2.75) is 19.8 Å². The van der Waals surface area contributed by atoms with Crippen molar-refractivity contribution in [1.82, 2.24) is 20.0 Å². The Labute approximate surface area is 163 Å². The van der Waals surface area contributed by atoms with Crippen LogP contribution in [0.25, 0.3) is 11.4 Å². The SMILES string of the molecule is CCOc1ccc(C(=O)N2CC(C)C(c3nc(-c4ccncc4)no3)C2)cc1. The van der Waals surface area contributed by atoms with Crippen LogP contribution in [0.3, 0.4) is 0 Å². The second kappa shape index (κ2) is 7.80. The Kier molecular flexibility index (Phi) is 5.06. The summed E-state index contributed by atoms with van der Waals surface area (Å²) in [5.74, 6) is 2.14. The van der Waals surface area contributed by atoms with E-state index in [1.54, 1.807) is 24.5 Å². The van der Waals surface area contributed by atoms with Crippen molar-refractivity contribution in [1.29, 1.82) is 0 Å². The molecule has 0 aliphatic carbocycles. The molecule has 2 unspecified atom stereocenters. The lowest BCUT2D eigenvalue weighted by Gasteiger charge is -2.16. The fourth-order valence-electron chi connectivity index (χ4n) is 3.50. The van der Waals surface area contributed by atoms with Crippen molar-refractivity contribution in [2.24, 2.45) is 5.92 Å². The summed E-state index contributed by atoms with van der Waals surface area (Å²) < 4.78 is 11.0. The highest BCUT2D eigenvalue weighted by Gasteiger charge is 2.37. The molecular formula is C21H22N4O3. The molecule has 1 fully saturated rings. The maximum Gasteiger partial charge on any atom is 0.253 e. The van der Waals surface area contributed by atoms with Crippen LogP contribution >= 0.6 is 0 Å². The third-order valence-corrected chi connectivity index (χ3v) is 5.01. The van der Waals surface area contributed by atoms with Gasteiger partial charge >= 0.3 is 0 Å². The molecule has 0 N–H and O–H groups in total. The molecule has 28 heavy (non-hydrogen) atoms. The van der Waals surface area contributed by atoms with Crippen molar-refractivity contribution in [3.05, 3.63) is 60.2 Å². The zero-order valence-electron chi connectivity index (χ0n) is 15.9. The van der Waals surface area contributed by atoms with Crippen molar-refractivity contribution in [2.75, 3.05) is 19.7 Å². The maximum absolute atomic E-state index is 12.9. The highest BCUT2D eigenvalue weighted by molar-refractivity contribution is 5.94. The van der Waals surface area contributed by atoms with E-state index in [2.05, 4.69) is 22.0 Å². The van der Waals surface area contributed by atoms with Gasteiger partial charge in [-0.2, -0.15) is 4.98 Å². The monoisotopic (exact) mass is 378 g/mol. The molecule has 0 radical (unpaired) electrons. The van der Waals surface area contributed by atoms with Gasteiger partial charge in [0.2, 0.25) is 11.7 Å². The van der Waals surface area contributed by atoms with Crippen LogP contribution in [0.4, 0.5) is 0 Å². The molecular weight excluding hydrogens is 356 g/mol. The molecule has 7 nitrogen and oxygen atoms in total. The predicted molar refractivity (Wildman–Crippen MR) is 103 cm³/mol. The summed E-state index contributed by atoms with van der Waals surface area (Å²) in [4.78, 5) is 23.3. The lowest BCUT2D eigenvalue weighted by atomic mass is 9.98. The van der Waals surface area contributed by atoms with Crippen LogP contribution in [0.1, 0.15) is 36.0 Å². The van der Waals surface area contributed by atoms with Crippen LogP contribution in [0.15, 0.2) is 53.3 Å². The first-order chi connectivity index (χ1) is 13.7. The maximum atomic E-state index is 12.9. The minimum absolute atomic E-state index is 0.00581. The number of likely N-dealkylation sites (tertiary alicyclic amines) is 1. The van der Waals surface area contributed by atoms with Crippen LogP contribution in [-0.2, 0) is 0 Å². The van der Waals surface area contributed by atoms with E-state index < -0.39 is 0 Å². The number of carbonyl (C=O) groups is 1. The normalized spacial score (nSPS) is 19.0. The van der Waals surface area contributed by atoms with Gasteiger partial charge in [0.25, 0.3) is 5.91 Å². The Morgan fingerprint density at radius 3 is 2.64 bits per heavy atom. The number of ether oxygens (including phenoxy) is 1. The number of nitrogens with zero attached hydrogens (tertiary/aromatic N) is 4. The molecule has 2 aromatic heterocycles. The summed E-state index contributed by atoms with van der Waals surface area (Å²) in [5, 5.41) is 4.09. The Bertz CT molecular complexity index is 940. The smallest absolute Gasteiger partial charge is 0.253 e. The van der Waals surface area contributed by atoms with Gasteiger partial charge < -0.3 is 14.2 Å². The second-order valence-electron chi connectivity index (χ2n) is 6.94. The highest BCUT2D eigenvalue weighted by Crippen LogP contribution is 2.33. The standard InChI is InChI=1S/C21H22N4O3/c1-3-27-17-6-4-16(5-7-17)21(26)25-12-14(2)18(13-25)20-23-19(24-28-20)15-8-10-22-11-9-15/h4-11,14,18H,3,12-13H2,1-2H3. The molecule has 144 valence electrons. The van der Waals surface area contributed by atoms with Gasteiger partial charge in [-0.05, 0) is 49.2 Å². The van der Waals surface area contributed by atoms with E-state index in [1.807, 2.05) is 36.1 Å². The van der Waals surface area contributed by atoms with E-state index in [-0.39, 0.29) is 17.7 Å². The van der Waals surface area contributed by atoms with E-state index in [0.717, 1.165) is 11.3 Å². The van der Waals surface area contributed by atoms with Crippen LogP contribution in [0.5, 0.6) is 5.75 Å². The largest absolute Gasteiger partial charge is 0.494 e. The van der Waals surface area contributed by atoms with E-state index in [4.69, 9.17) is 9.26 Å². The van der Waals surface area contributed by atoms with Gasteiger partial charge in [0.15, 0.2) is 0 Å². The van der Waals surface area contributed by atoms with E-state index >= 15 is 0 Å². The van der Waals surface area contributed by atoms with Crippen molar-refractivity contribution in [3.8, 4) is 17.1 Å². The molecule has 1 aliphatic heterocycles. The van der Waals surface area contributed by atoms with E-state index in [1.165, 1.54) is 0 Å². The zero-order chi connectivity index (χ0) is 19.5. The molecule has 7 heteroatoms. The molecule has 3 heterocycles. The fraction of sp³-hybridized carbons (Fsp3) is 0.333. The summed E-state index contributed by atoms with van der Waals surface area (Å²) in [6.07, 6.45) is 3.39. The Balaban J connectivity index is 1.47. The number of hydrogen-bond acceptors (Lipinski definition) is 6. The van der Waals surface area contributed by atoms with Crippen LogP contribution in [0.2, 0.25) is 0 Å². The van der Waals surface area contributed by atoms with Gasteiger partial charge in [0, 0.05) is 36.6 Å². The summed E-state index contributed by atoms with van der Waals surface area (Å²) in [5.41, 5.74) is 1.51. The lowest BCUT2D eigenvalue weighted by molar-refractivity contribution is 0.0786. The van der Waals surface area contributed by atoms with Crippen LogP contribution < -0.4 is 4.74 Å². The number of rotatable bonds is 5. The first-order valence-corrected chi connectivity index (χ1v) is 9.42. The Hall–Kier alpha value is -3.22. The Morgan fingerprint density at radius 2 is 1.93 bits per heavy atom. The minimum atomic E-state index is 0.00581. The van der Waals surface area contributed by atoms with Gasteiger partial charge in [-0.25, -0.2) is 0 Å². The van der Waals surface area contributed by atoms with Crippen LogP contribution in [-0.4, -0.2) is 45.6 Å². The number of aromatic nitrogens is 3. The summed E-state index contributed by atoms with van der Waals surface area (Å²) in [7, 11) is 0. The summed E-state index contributed by atoms with van der Waals surface area (Å²) >= 11 is 0. The van der Waals surface area contributed by atoms with E-state index in [0.29, 0.717) is 37.0 Å². The molecule has 1 aliphatic rings. The van der Waals surface area contributed by atoms with Gasteiger partial charge in [0.1, 0.15) is 5.75 Å². The first kappa shape index (κ1) is 18.2. The summed E-state index contributed by atoms with van der Waals surface area (Å²) in [6.45, 7) is 5.86. The molecule has 1 amide bonds. The third-order valence-electron chi connectivity index (χ3n) is 5.01. The second-order valence-corrected chi connectivity index (χ2v) is 6.94. The number of hydrogen-bond donors (Lipinski definition) is 0. The molecule has 0 saturated carbocycles. The van der Waals surface area contributed by atoms with Gasteiger partial charge in [-0.15, -0.1) is 0 Å². The van der Waals surface area contributed by atoms with E-state index in [9.17, 15) is 4.79 Å². The third kappa shape index (κ3) is 3.60. The van der Waals surface area contributed by atoms with Crippen molar-refractivity contribution >= 4 is 5.91 Å². The minimum Gasteiger partial charge on any atom is -0.494 e. The lowest BCUT2D eigenvalue weighted by Crippen LogP contribution is -2.28. The van der Waals surface area contributed by atoms with Crippen molar-refractivity contribution < 1.29 is 14.1 Å². The predicted octanol–water partition coefficient (Wildman–Crippen LogP) is 3.41. The van der Waals surface area contributed by atoms with Gasteiger partial charge in [-0.3, -0.25) is 9.78 Å². The summed E-state index contributed by atoms with van der Waals surface area (Å²) in [6, 6.07) is 10.9. The Morgan fingerprint density at radius 1 is 1.18 bits per heavy atom. The fourth-order valence-corrected chi connectivity index (χ4v) is 3.50. The number of pyridine rings is 1. The topological polar surface area (TPSA) is 81.4 Å². The zero-order valence-corrected chi connectivity index (χ0v) is 15.9. The van der Waals surface area contributed by atoms with Crippen molar-refractivity contribution in [3.63, 3.8) is 0 Å². The average Bonchev–Trinajstić information content (AvgIpc) is 3.36.